The molecule has 2 aliphatic rings. The minimum atomic E-state index is -0.0408. The first-order chi connectivity index (χ1) is 6.57. The third-order valence-electron chi connectivity index (χ3n) is 3.29. The van der Waals surface area contributed by atoms with Gasteiger partial charge in [-0.05, 0) is 26.7 Å². The highest BCUT2D eigenvalue weighted by molar-refractivity contribution is 5.78. The van der Waals surface area contributed by atoms with E-state index in [-0.39, 0.29) is 11.4 Å². The van der Waals surface area contributed by atoms with Crippen molar-refractivity contribution in [1.82, 2.24) is 10.6 Å². The molecule has 1 aliphatic heterocycles. The SMILES string of the molecule is CC1(C)CC(=O)N[C@H]2CCCC[C@H]2N1. The van der Waals surface area contributed by atoms with Crippen LogP contribution in [0.3, 0.4) is 0 Å². The van der Waals surface area contributed by atoms with Crippen LogP contribution in [0.15, 0.2) is 0 Å². The van der Waals surface area contributed by atoms with Gasteiger partial charge in [-0.2, -0.15) is 0 Å². The average Bonchev–Trinajstić information content (AvgIpc) is 2.16. The van der Waals surface area contributed by atoms with Crippen LogP contribution in [0.4, 0.5) is 0 Å². The van der Waals surface area contributed by atoms with Gasteiger partial charge in [0.05, 0.1) is 0 Å². The van der Waals surface area contributed by atoms with Crippen LogP contribution in [0.25, 0.3) is 0 Å². The number of hydrogen-bond acceptors (Lipinski definition) is 2. The molecule has 14 heavy (non-hydrogen) atoms. The fraction of sp³-hybridized carbons (Fsp3) is 0.909. The van der Waals surface area contributed by atoms with Crippen molar-refractivity contribution in [1.29, 1.82) is 0 Å². The Hall–Kier alpha value is -0.570. The van der Waals surface area contributed by atoms with Crippen LogP contribution in [0, 0.1) is 0 Å². The monoisotopic (exact) mass is 196 g/mol. The van der Waals surface area contributed by atoms with Gasteiger partial charge in [-0.3, -0.25) is 4.79 Å². The van der Waals surface area contributed by atoms with Gasteiger partial charge in [0, 0.05) is 24.0 Å². The molecule has 2 N–H and O–H groups in total. The van der Waals surface area contributed by atoms with E-state index in [1.54, 1.807) is 0 Å². The van der Waals surface area contributed by atoms with E-state index in [1.165, 1.54) is 19.3 Å². The van der Waals surface area contributed by atoms with E-state index in [0.717, 1.165) is 6.42 Å². The van der Waals surface area contributed by atoms with Gasteiger partial charge in [0.1, 0.15) is 0 Å². The number of hydrogen-bond donors (Lipinski definition) is 2. The van der Waals surface area contributed by atoms with Gasteiger partial charge in [0.2, 0.25) is 5.91 Å². The van der Waals surface area contributed by atoms with Gasteiger partial charge in [0.25, 0.3) is 0 Å². The summed E-state index contributed by atoms with van der Waals surface area (Å²) in [5, 5.41) is 6.74. The Labute approximate surface area is 85.6 Å². The molecule has 1 saturated heterocycles. The second-order valence-corrected chi connectivity index (χ2v) is 5.27. The summed E-state index contributed by atoms with van der Waals surface area (Å²) < 4.78 is 0. The van der Waals surface area contributed by atoms with E-state index >= 15 is 0 Å². The van der Waals surface area contributed by atoms with Crippen LogP contribution < -0.4 is 10.6 Å². The number of rotatable bonds is 0. The van der Waals surface area contributed by atoms with Gasteiger partial charge >= 0.3 is 0 Å². The molecule has 0 bridgehead atoms. The molecule has 2 atom stereocenters. The summed E-state index contributed by atoms with van der Waals surface area (Å²) in [6.07, 6.45) is 5.48. The fourth-order valence-corrected chi connectivity index (χ4v) is 2.69. The third kappa shape index (κ3) is 2.08. The average molecular weight is 196 g/mol. The highest BCUT2D eigenvalue weighted by Gasteiger charge is 2.35. The summed E-state index contributed by atoms with van der Waals surface area (Å²) >= 11 is 0. The van der Waals surface area contributed by atoms with Crippen LogP contribution in [0.5, 0.6) is 0 Å². The summed E-state index contributed by atoms with van der Waals surface area (Å²) in [6.45, 7) is 4.23. The second kappa shape index (κ2) is 3.54. The van der Waals surface area contributed by atoms with Gasteiger partial charge in [-0.15, -0.1) is 0 Å². The molecule has 3 nitrogen and oxygen atoms in total. The van der Waals surface area contributed by atoms with Crippen molar-refractivity contribution in [2.24, 2.45) is 0 Å². The van der Waals surface area contributed by atoms with Crippen LogP contribution in [-0.4, -0.2) is 23.5 Å². The van der Waals surface area contributed by atoms with E-state index in [0.29, 0.717) is 18.5 Å². The van der Waals surface area contributed by atoms with Crippen LogP contribution >= 0.6 is 0 Å². The molecule has 1 saturated carbocycles. The molecule has 3 heteroatoms. The van der Waals surface area contributed by atoms with Crippen molar-refractivity contribution in [2.75, 3.05) is 0 Å². The lowest BCUT2D eigenvalue weighted by atomic mass is 9.89. The van der Waals surface area contributed by atoms with Crippen LogP contribution in [0.1, 0.15) is 46.0 Å². The van der Waals surface area contributed by atoms with Gasteiger partial charge in [-0.25, -0.2) is 0 Å². The van der Waals surface area contributed by atoms with E-state index in [4.69, 9.17) is 0 Å². The summed E-state index contributed by atoms with van der Waals surface area (Å²) in [4.78, 5) is 11.6. The molecular weight excluding hydrogens is 176 g/mol. The first-order valence-electron chi connectivity index (χ1n) is 5.64. The lowest BCUT2D eigenvalue weighted by molar-refractivity contribution is -0.122. The summed E-state index contributed by atoms with van der Waals surface area (Å²) in [6, 6.07) is 0.864. The zero-order valence-corrected chi connectivity index (χ0v) is 9.10. The predicted molar refractivity (Wildman–Crippen MR) is 56.0 cm³/mol. The molecule has 2 rings (SSSR count). The van der Waals surface area contributed by atoms with Gasteiger partial charge in [0.15, 0.2) is 0 Å². The molecule has 0 radical (unpaired) electrons. The normalized spacial score (nSPS) is 36.9. The molecule has 0 spiro atoms. The molecule has 1 aliphatic carbocycles. The summed E-state index contributed by atoms with van der Waals surface area (Å²) in [7, 11) is 0. The molecule has 0 aromatic heterocycles. The standard InChI is InChI=1S/C11H20N2O/c1-11(2)7-10(14)12-8-5-3-4-6-9(8)13-11/h8-9,13H,3-7H2,1-2H3,(H,12,14)/t8-,9+/m0/s1. The van der Waals surface area contributed by atoms with Crippen molar-refractivity contribution < 1.29 is 4.79 Å². The zero-order valence-electron chi connectivity index (χ0n) is 9.10. The number of amides is 1. The summed E-state index contributed by atoms with van der Waals surface area (Å²) in [5.74, 6) is 0.205. The lowest BCUT2D eigenvalue weighted by Crippen LogP contribution is -2.52. The Morgan fingerprint density at radius 3 is 2.57 bits per heavy atom. The van der Waals surface area contributed by atoms with E-state index in [9.17, 15) is 4.79 Å². The summed E-state index contributed by atoms with van der Waals surface area (Å²) in [5.41, 5.74) is -0.0408. The molecule has 0 aromatic rings. The van der Waals surface area contributed by atoms with E-state index in [2.05, 4.69) is 24.5 Å². The molecule has 80 valence electrons. The minimum absolute atomic E-state index is 0.0408. The second-order valence-electron chi connectivity index (χ2n) is 5.27. The van der Waals surface area contributed by atoms with Gasteiger partial charge in [-0.1, -0.05) is 12.8 Å². The Bertz CT molecular complexity index is 237. The Kier molecular flexibility index (Phi) is 2.52. The highest BCUT2D eigenvalue weighted by Crippen LogP contribution is 2.24. The Balaban J connectivity index is 2.12. The molecule has 1 amide bonds. The van der Waals surface area contributed by atoms with Crippen LogP contribution in [-0.2, 0) is 4.79 Å². The van der Waals surface area contributed by atoms with E-state index < -0.39 is 0 Å². The highest BCUT2D eigenvalue weighted by atomic mass is 16.1. The van der Waals surface area contributed by atoms with Crippen molar-refractivity contribution >= 4 is 5.91 Å². The maximum Gasteiger partial charge on any atom is 0.222 e. The third-order valence-corrected chi connectivity index (χ3v) is 3.29. The lowest BCUT2D eigenvalue weighted by Gasteiger charge is -2.34. The smallest absolute Gasteiger partial charge is 0.222 e. The molecule has 0 unspecified atom stereocenters. The number of carbonyl (C=O) groups is 1. The molecule has 2 fully saturated rings. The largest absolute Gasteiger partial charge is 0.352 e. The first-order valence-corrected chi connectivity index (χ1v) is 5.64. The maximum atomic E-state index is 11.6. The first kappa shape index (κ1) is 9.97. The van der Waals surface area contributed by atoms with Crippen molar-refractivity contribution in [2.45, 2.75) is 63.6 Å². The van der Waals surface area contributed by atoms with Crippen molar-refractivity contribution in [3.8, 4) is 0 Å². The zero-order chi connectivity index (χ0) is 10.2. The predicted octanol–water partition coefficient (Wildman–Crippen LogP) is 1.19. The Morgan fingerprint density at radius 1 is 1.21 bits per heavy atom. The number of carbonyl (C=O) groups excluding carboxylic acids is 1. The molecular formula is C11H20N2O. The minimum Gasteiger partial charge on any atom is -0.352 e. The quantitative estimate of drug-likeness (QED) is 0.611. The van der Waals surface area contributed by atoms with Crippen molar-refractivity contribution in [3.05, 3.63) is 0 Å². The van der Waals surface area contributed by atoms with E-state index in [1.807, 2.05) is 0 Å². The Morgan fingerprint density at radius 2 is 1.86 bits per heavy atom. The molecule has 1 heterocycles. The topological polar surface area (TPSA) is 41.1 Å². The van der Waals surface area contributed by atoms with Gasteiger partial charge < -0.3 is 10.6 Å². The van der Waals surface area contributed by atoms with Crippen molar-refractivity contribution in [3.63, 3.8) is 0 Å². The fourth-order valence-electron chi connectivity index (χ4n) is 2.69. The number of fused-ring (bicyclic) bond motifs is 1. The number of nitrogens with one attached hydrogen (secondary N) is 2. The maximum absolute atomic E-state index is 11.6. The molecule has 0 aromatic carbocycles. The van der Waals surface area contributed by atoms with Crippen LogP contribution in [0.2, 0.25) is 0 Å².